The lowest BCUT2D eigenvalue weighted by Gasteiger charge is -2.11. The van der Waals surface area contributed by atoms with Crippen LogP contribution in [-0.2, 0) is 71.9 Å². The Morgan fingerprint density at radius 3 is 1.04 bits per heavy atom. The molecule has 3 heterocycles. The highest BCUT2D eigenvalue weighted by atomic mass is 35.5. The van der Waals surface area contributed by atoms with Crippen molar-refractivity contribution in [3.63, 3.8) is 0 Å². The number of rotatable bonds is 28. The fourth-order valence-corrected chi connectivity index (χ4v) is 12.4. The molecule has 96 heavy (non-hydrogen) atoms. The van der Waals surface area contributed by atoms with Crippen molar-refractivity contribution in [1.29, 1.82) is 0 Å². The highest BCUT2D eigenvalue weighted by molar-refractivity contribution is 7.11. The number of halogens is 6. The number of allylic oxidation sites excluding steroid dienone is 3. The summed E-state index contributed by atoms with van der Waals surface area (Å²) in [5.74, 6) is -14.0. The van der Waals surface area contributed by atoms with Crippen molar-refractivity contribution >= 4 is 156 Å². The Morgan fingerprint density at radius 1 is 0.500 bits per heavy atom. The van der Waals surface area contributed by atoms with Gasteiger partial charge in [0.05, 0.1) is 71.5 Å². The number of thiophene rings is 3. The molecule has 0 fully saturated rings. The zero-order valence-corrected chi connectivity index (χ0v) is 53.8. The molecule has 3 atom stereocenters. The Balaban J connectivity index is 0.000000203. The van der Waals surface area contributed by atoms with E-state index in [1.807, 2.05) is 0 Å². The van der Waals surface area contributed by atoms with Gasteiger partial charge in [0.2, 0.25) is 17.7 Å². The number of primary amides is 3. The van der Waals surface area contributed by atoms with Crippen molar-refractivity contribution in [1.82, 2.24) is 5.59 Å². The number of nitrogens with zero attached hydrogens (tertiary/aromatic N) is 3. The van der Waals surface area contributed by atoms with Gasteiger partial charge in [-0.1, -0.05) is 53.0 Å². The van der Waals surface area contributed by atoms with E-state index in [1.165, 1.54) is 40.1 Å². The molecule has 0 saturated heterocycles. The minimum Gasteiger partial charge on any atom is -0.424 e. The number of nitrogens with two attached hydrogens (primary N) is 3. The third-order valence-electron chi connectivity index (χ3n) is 13.9. The maximum atomic E-state index is 14.2. The van der Waals surface area contributed by atoms with Gasteiger partial charge in [-0.05, 0) is 143 Å². The summed E-state index contributed by atoms with van der Waals surface area (Å²) in [6.45, 7) is -0.208. The molecule has 9 rings (SSSR count). The first-order valence-corrected chi connectivity index (χ1v) is 31.7. The molecular weight excluding hydrogens is 1400 g/mol. The van der Waals surface area contributed by atoms with E-state index in [2.05, 4.69) is 19.8 Å². The Morgan fingerprint density at radius 2 is 0.792 bits per heavy atom. The van der Waals surface area contributed by atoms with E-state index in [0.29, 0.717) is 27.5 Å². The van der Waals surface area contributed by atoms with Gasteiger partial charge in [0, 0.05) is 19.3 Å². The van der Waals surface area contributed by atoms with E-state index in [0.717, 1.165) is 30.3 Å². The lowest BCUT2D eigenvalue weighted by atomic mass is 10.00. The number of Topliss-reactive ketones (excluding diaryl/α,β-unsaturated/α-hetero) is 3. The number of fused-ring (bicyclic) bond motifs is 3. The molecule has 0 saturated carbocycles. The maximum Gasteiger partial charge on any atom is 0.311 e. The molecule has 3 aliphatic rings. The summed E-state index contributed by atoms with van der Waals surface area (Å²) < 4.78 is 59.2. The van der Waals surface area contributed by atoms with Gasteiger partial charge in [0.25, 0.3) is 10.2 Å². The summed E-state index contributed by atoms with van der Waals surface area (Å²) in [5.41, 5.74) is 18.3. The van der Waals surface area contributed by atoms with E-state index in [1.54, 1.807) is 58.1 Å². The number of amides is 3. The maximum absolute atomic E-state index is 14.2. The molecule has 27 nitrogen and oxygen atoms in total. The molecule has 0 aliphatic heterocycles. The number of unbranched alkanes of at least 4 members (excludes halogenated alkanes) is 3. The summed E-state index contributed by atoms with van der Waals surface area (Å²) in [6, 6.07) is 16.4. The highest BCUT2D eigenvalue weighted by Crippen LogP contribution is 2.48. The lowest BCUT2D eigenvalue weighted by molar-refractivity contribution is -0.757. The zero-order valence-electron chi connectivity index (χ0n) is 49.1. The van der Waals surface area contributed by atoms with Crippen LogP contribution in [0.4, 0.5) is 13.2 Å². The van der Waals surface area contributed by atoms with Crippen LogP contribution >= 0.6 is 68.8 Å². The summed E-state index contributed by atoms with van der Waals surface area (Å²) in [4.78, 5) is 157. The normalized spacial score (nSPS) is 16.4. The number of ether oxygens (including phenoxy) is 3. The number of ketones is 3. The predicted octanol–water partition coefficient (Wildman–Crippen LogP) is 10.4. The van der Waals surface area contributed by atoms with E-state index in [-0.39, 0.29) is 147 Å². The van der Waals surface area contributed by atoms with E-state index >= 15 is 0 Å². The Bertz CT molecular complexity index is 3980. The lowest BCUT2D eigenvalue weighted by Crippen LogP contribution is -2.25. The second-order valence-corrected chi connectivity index (χ2v) is 24.2. The predicted molar refractivity (Wildman–Crippen MR) is 339 cm³/mol. The van der Waals surface area contributed by atoms with Crippen LogP contribution < -0.4 is 22.8 Å². The van der Waals surface area contributed by atoms with Gasteiger partial charge in [0.1, 0.15) is 35.2 Å². The molecule has 3 unspecified atom stereocenters. The van der Waals surface area contributed by atoms with Crippen molar-refractivity contribution in [2.75, 3.05) is 19.8 Å². The third kappa shape index (κ3) is 18.2. The van der Waals surface area contributed by atoms with Gasteiger partial charge < -0.3 is 41.1 Å². The average Bonchev–Trinajstić information content (AvgIpc) is 1.61. The SMILES string of the molecule is NC(=O)C1C(=O)/C(=C(/OC(=O)CCCCONN=O)c2cccs2)c2cc(F)c(Cl)cc21.NC(=O)C1C(=O)/C(=C(\OC(=O)CCCCO[N+](=O)[O-])c2cccs2)c2cc(F)c(Cl)cc21.NC(=O)C1C(=O)C(=C(OC(=O)CCCCO[N+](=O)[O-])c2cccs2)c2cc(F)c(Cl)cc21. The van der Waals surface area contributed by atoms with Crippen LogP contribution in [0.25, 0.3) is 34.0 Å². The molecule has 0 radical (unpaired) electrons. The van der Waals surface area contributed by atoms with Crippen LogP contribution in [0, 0.1) is 42.6 Å². The van der Waals surface area contributed by atoms with Gasteiger partial charge >= 0.3 is 17.9 Å². The van der Waals surface area contributed by atoms with Crippen LogP contribution in [0.3, 0.4) is 0 Å². The molecular formula is C60H49Cl3F3N7O20S3. The van der Waals surface area contributed by atoms with Gasteiger partial charge in [-0.15, -0.1) is 64.7 Å². The van der Waals surface area contributed by atoms with Crippen LogP contribution in [0.2, 0.25) is 15.1 Å². The summed E-state index contributed by atoms with van der Waals surface area (Å²) >= 11 is 21.1. The van der Waals surface area contributed by atoms with Gasteiger partial charge in [-0.3, -0.25) is 48.0 Å². The highest BCUT2D eigenvalue weighted by Gasteiger charge is 2.46. The number of nitrogens with one attached hydrogen (secondary N) is 1. The van der Waals surface area contributed by atoms with E-state index in [9.17, 15) is 81.5 Å². The van der Waals surface area contributed by atoms with Gasteiger partial charge in [-0.2, -0.15) is 0 Å². The second kappa shape index (κ2) is 34.1. The molecule has 3 aliphatic carbocycles. The van der Waals surface area contributed by atoms with Crippen molar-refractivity contribution in [3.8, 4) is 0 Å². The monoisotopic (exact) mass is 1450 g/mol. The van der Waals surface area contributed by atoms with Crippen molar-refractivity contribution in [2.45, 2.75) is 75.5 Å². The van der Waals surface area contributed by atoms with Crippen molar-refractivity contribution in [3.05, 3.63) is 195 Å². The quantitative estimate of drug-likeness (QED) is 0.00408. The number of esters is 3. The summed E-state index contributed by atoms with van der Waals surface area (Å²) in [7, 11) is 0. The minimum absolute atomic E-state index is 0.0185. The third-order valence-corrected chi connectivity index (χ3v) is 17.4. The molecule has 6 aromatic rings. The number of benzene rings is 3. The van der Waals surface area contributed by atoms with E-state index in [4.69, 9.17) is 66.2 Å². The Kier molecular flexibility index (Phi) is 26.1. The van der Waals surface area contributed by atoms with E-state index < -0.39 is 98.4 Å². The molecule has 36 heteroatoms. The Hall–Kier alpha value is -9.77. The van der Waals surface area contributed by atoms with Crippen molar-refractivity contribution in [2.24, 2.45) is 22.5 Å². The first-order chi connectivity index (χ1) is 45.7. The first-order valence-electron chi connectivity index (χ1n) is 27.9. The molecule has 3 aromatic heterocycles. The van der Waals surface area contributed by atoms with Crippen LogP contribution in [0.5, 0.6) is 0 Å². The molecule has 3 amide bonds. The fraction of sp³-hybridized carbons (Fsp3) is 0.250. The largest absolute Gasteiger partial charge is 0.424 e. The van der Waals surface area contributed by atoms with Gasteiger partial charge in [0.15, 0.2) is 34.6 Å². The first kappa shape index (κ1) is 73.6. The number of carbonyl (C=O) groups is 9. The van der Waals surface area contributed by atoms with Crippen molar-refractivity contribution < 1.29 is 95.2 Å². The average molecular weight is 1450 g/mol. The molecule has 504 valence electrons. The molecule has 0 spiro atoms. The Labute approximate surface area is 565 Å². The second-order valence-electron chi connectivity index (χ2n) is 20.1. The number of hydrogen-bond donors (Lipinski definition) is 4. The fourth-order valence-electron chi connectivity index (χ4n) is 9.79. The smallest absolute Gasteiger partial charge is 0.311 e. The number of hydrogen-bond acceptors (Lipinski definition) is 24. The minimum atomic E-state index is -1.40. The van der Waals surface area contributed by atoms with Crippen LogP contribution in [0.1, 0.15) is 124 Å². The van der Waals surface area contributed by atoms with Crippen LogP contribution in [0.15, 0.2) is 94.2 Å². The molecule has 7 N–H and O–H groups in total. The van der Waals surface area contributed by atoms with Gasteiger partial charge in [-0.25, -0.2) is 13.2 Å². The standard InChI is InChI=1S/C20H17ClFN3O6S.2C20H16ClFN2O7S/c21-12-8-10-11(9-13(12)22)16(18(27)17(10)20(23)28)19(14-4-3-7-32-14)31-15(26)5-1-2-6-30-25-24-29;2*21-12-8-10-11(9-13(12)22)16(18(26)17(10)20(23)27)19(14-4-3-7-32-14)31-15(25)5-1-2-6-30-24(28)29/h3-4,7-9,17H,1-2,5-6H2,(H2,23,28)(H,25,29);2*3-4,7-9,17H,1-2,5-6H2,(H2,23,27)/b19-16+;19-16-;. The zero-order chi connectivity index (χ0) is 70.1. The number of nitroso groups, excluding NO2 is 1. The molecule has 3 aromatic carbocycles. The number of carbonyl (C=O) groups excluding carboxylic acids is 9. The topological polar surface area (TPSA) is 415 Å². The molecule has 0 bridgehead atoms. The van der Waals surface area contributed by atoms with Crippen LogP contribution in [-0.4, -0.2) is 83.0 Å². The summed E-state index contributed by atoms with van der Waals surface area (Å²) in [5, 5.41) is 25.0. The summed E-state index contributed by atoms with van der Waals surface area (Å²) in [6.07, 6.45) is 1.48.